The van der Waals surface area contributed by atoms with Crippen LogP contribution in [0.4, 0.5) is 26.4 Å². The van der Waals surface area contributed by atoms with E-state index in [1.807, 2.05) is 0 Å². The number of nitrogens with zero attached hydrogens (tertiary/aromatic N) is 7. The first-order valence-electron chi connectivity index (χ1n) is 15.4. The van der Waals surface area contributed by atoms with Gasteiger partial charge in [0.05, 0.1) is 49.9 Å². The van der Waals surface area contributed by atoms with E-state index in [1.54, 1.807) is 59.3 Å². The fourth-order valence-electron chi connectivity index (χ4n) is 5.76. The molecule has 1 fully saturated rings. The maximum Gasteiger partial charge on any atom is 0.327 e. The second kappa shape index (κ2) is 13.9. The molecule has 0 aliphatic carbocycles. The minimum absolute atomic E-state index is 0.0361. The van der Waals surface area contributed by atoms with Crippen molar-refractivity contribution in [1.29, 1.82) is 0 Å². The van der Waals surface area contributed by atoms with Crippen LogP contribution in [0.25, 0.3) is 10.9 Å². The molecule has 0 radical (unpaired) electrons. The van der Waals surface area contributed by atoms with Crippen LogP contribution in [0.15, 0.2) is 83.9 Å². The number of rotatable bonds is 8. The molecule has 3 heterocycles. The van der Waals surface area contributed by atoms with Gasteiger partial charge in [0.25, 0.3) is 11.5 Å². The molecule has 15 heteroatoms. The summed E-state index contributed by atoms with van der Waals surface area (Å²) in [6, 6.07) is 15.9. The number of nitrogens with two attached hydrogens (primary N) is 1. The Kier molecular flexibility index (Phi) is 9.24. The molecule has 252 valence electrons. The number of carbonyl (C=O) groups is 2. The largest absolute Gasteiger partial charge is 0.497 e. The van der Waals surface area contributed by atoms with Crippen molar-refractivity contribution in [3.8, 4) is 11.5 Å². The molecular weight excluding hydrogens is 633 g/mol. The van der Waals surface area contributed by atoms with Gasteiger partial charge in [-0.1, -0.05) is 12.1 Å². The summed E-state index contributed by atoms with van der Waals surface area (Å²) in [4.78, 5) is 57.7. The number of ether oxygens (including phenoxy) is 2. The van der Waals surface area contributed by atoms with E-state index in [0.717, 1.165) is 0 Å². The smallest absolute Gasteiger partial charge is 0.327 e. The van der Waals surface area contributed by atoms with Gasteiger partial charge in [0.2, 0.25) is 0 Å². The lowest BCUT2D eigenvalue weighted by molar-refractivity contribution is 0.0732. The van der Waals surface area contributed by atoms with E-state index < -0.39 is 17.9 Å². The van der Waals surface area contributed by atoms with Crippen molar-refractivity contribution in [3.05, 3.63) is 107 Å². The highest BCUT2D eigenvalue weighted by atomic mass is 19.1. The molecule has 2 aromatic heterocycles. The molecule has 5 aromatic rings. The summed E-state index contributed by atoms with van der Waals surface area (Å²) < 4.78 is 26.2. The van der Waals surface area contributed by atoms with Gasteiger partial charge in [-0.2, -0.15) is 0 Å². The number of urea groups is 1. The fourth-order valence-corrected chi connectivity index (χ4v) is 5.76. The molecule has 3 N–H and O–H groups in total. The number of para-hydroxylation sites is 1. The predicted octanol–water partition coefficient (Wildman–Crippen LogP) is 3.82. The van der Waals surface area contributed by atoms with Crippen LogP contribution in [0.3, 0.4) is 0 Å². The fraction of sp³-hybridized carbons (Fsp3) is 0.235. The molecule has 1 saturated heterocycles. The van der Waals surface area contributed by atoms with Gasteiger partial charge in [-0.3, -0.25) is 14.5 Å². The van der Waals surface area contributed by atoms with Crippen molar-refractivity contribution in [3.63, 3.8) is 0 Å². The first-order chi connectivity index (χ1) is 23.7. The summed E-state index contributed by atoms with van der Waals surface area (Å²) in [5.41, 5.74) is 6.79. The van der Waals surface area contributed by atoms with Gasteiger partial charge < -0.3 is 30.4 Å². The number of benzene rings is 3. The highest BCUT2D eigenvalue weighted by molar-refractivity contribution is 6.03. The molecule has 1 unspecified atom stereocenters. The molecule has 1 aliphatic heterocycles. The monoisotopic (exact) mass is 667 g/mol. The summed E-state index contributed by atoms with van der Waals surface area (Å²) in [5, 5.41) is 5.01. The van der Waals surface area contributed by atoms with Crippen LogP contribution >= 0.6 is 0 Å². The Labute approximate surface area is 280 Å². The number of anilines is 3. The number of aromatic nitrogens is 4. The lowest BCUT2D eigenvalue weighted by Gasteiger charge is -2.39. The van der Waals surface area contributed by atoms with Crippen molar-refractivity contribution in [1.82, 2.24) is 24.5 Å². The SMILES string of the molecule is COc1ccc(N(C(=O)Nc2ccc(F)cc2)C(C)c2nc3ccccc3c(=O)n2N2CCN(C(=O)c3nccnc3N)CC2)c(OC)c1. The minimum atomic E-state index is -0.876. The normalized spacial score (nSPS) is 13.6. The van der Waals surface area contributed by atoms with Crippen LogP contribution in [0.5, 0.6) is 11.5 Å². The second-order valence-corrected chi connectivity index (χ2v) is 11.2. The van der Waals surface area contributed by atoms with E-state index in [2.05, 4.69) is 15.3 Å². The Hall–Kier alpha value is -6.25. The minimum Gasteiger partial charge on any atom is -0.497 e. The number of hydrogen-bond donors (Lipinski definition) is 2. The number of fused-ring (bicyclic) bond motifs is 1. The molecule has 49 heavy (non-hydrogen) atoms. The zero-order chi connectivity index (χ0) is 34.7. The molecule has 3 amide bonds. The average molecular weight is 668 g/mol. The topological polar surface area (TPSA) is 161 Å². The Balaban J connectivity index is 1.42. The third-order valence-electron chi connectivity index (χ3n) is 8.26. The molecule has 1 aliphatic rings. The van der Waals surface area contributed by atoms with Crippen molar-refractivity contribution in [2.24, 2.45) is 0 Å². The number of nitrogens with one attached hydrogen (secondary N) is 1. The summed E-state index contributed by atoms with van der Waals surface area (Å²) in [6.45, 7) is 2.78. The predicted molar refractivity (Wildman–Crippen MR) is 182 cm³/mol. The maximum atomic E-state index is 14.3. The van der Waals surface area contributed by atoms with E-state index in [1.165, 1.54) is 60.5 Å². The lowest BCUT2D eigenvalue weighted by Crippen LogP contribution is -2.57. The number of halogens is 1. The lowest BCUT2D eigenvalue weighted by atomic mass is 10.1. The zero-order valence-corrected chi connectivity index (χ0v) is 27.0. The van der Waals surface area contributed by atoms with Crippen molar-refractivity contribution in [2.45, 2.75) is 13.0 Å². The summed E-state index contributed by atoms with van der Waals surface area (Å²) >= 11 is 0. The molecule has 6 rings (SSSR count). The van der Waals surface area contributed by atoms with Crippen molar-refractivity contribution < 1.29 is 23.5 Å². The average Bonchev–Trinajstić information content (AvgIpc) is 3.12. The molecule has 0 saturated carbocycles. The number of carbonyl (C=O) groups excluding carboxylic acids is 2. The summed E-state index contributed by atoms with van der Waals surface area (Å²) in [7, 11) is 2.99. The van der Waals surface area contributed by atoms with Gasteiger partial charge in [-0.15, -0.1) is 0 Å². The maximum absolute atomic E-state index is 14.3. The van der Waals surface area contributed by atoms with E-state index in [0.29, 0.717) is 33.8 Å². The van der Waals surface area contributed by atoms with Crippen LogP contribution < -0.4 is 36.0 Å². The highest BCUT2D eigenvalue weighted by Crippen LogP contribution is 2.37. The van der Waals surface area contributed by atoms with Crippen LogP contribution in [-0.4, -0.2) is 76.9 Å². The first kappa shape index (κ1) is 32.7. The van der Waals surface area contributed by atoms with Crippen LogP contribution in [-0.2, 0) is 0 Å². The molecule has 0 bridgehead atoms. The third-order valence-corrected chi connectivity index (χ3v) is 8.26. The Bertz CT molecular complexity index is 2070. The molecule has 3 aromatic carbocycles. The number of nitrogen functional groups attached to an aromatic ring is 1. The van der Waals surface area contributed by atoms with Crippen LogP contribution in [0, 0.1) is 5.82 Å². The van der Waals surface area contributed by atoms with Crippen molar-refractivity contribution >= 4 is 40.0 Å². The van der Waals surface area contributed by atoms with Gasteiger partial charge >= 0.3 is 6.03 Å². The van der Waals surface area contributed by atoms with E-state index in [-0.39, 0.29) is 55.0 Å². The number of piperazine rings is 1. The zero-order valence-electron chi connectivity index (χ0n) is 27.0. The van der Waals surface area contributed by atoms with Crippen LogP contribution in [0.2, 0.25) is 0 Å². The number of hydrogen-bond acceptors (Lipinski definition) is 10. The van der Waals surface area contributed by atoms with E-state index >= 15 is 0 Å². The Morgan fingerprint density at radius 1 is 0.959 bits per heavy atom. The summed E-state index contributed by atoms with van der Waals surface area (Å²) in [6.07, 6.45) is 2.82. The number of methoxy groups -OCH3 is 2. The van der Waals surface area contributed by atoms with Gasteiger partial charge in [-0.05, 0) is 55.5 Å². The van der Waals surface area contributed by atoms with Crippen LogP contribution in [0.1, 0.15) is 29.3 Å². The van der Waals surface area contributed by atoms with Gasteiger partial charge in [0.1, 0.15) is 17.3 Å². The molecule has 1 atom stereocenters. The third kappa shape index (κ3) is 6.50. The van der Waals surface area contributed by atoms with E-state index in [4.69, 9.17) is 20.2 Å². The van der Waals surface area contributed by atoms with Gasteiger partial charge in [0, 0.05) is 37.2 Å². The van der Waals surface area contributed by atoms with Gasteiger partial charge in [0.15, 0.2) is 17.3 Å². The number of amides is 3. The first-order valence-corrected chi connectivity index (χ1v) is 15.4. The molecule has 14 nitrogen and oxygen atoms in total. The van der Waals surface area contributed by atoms with E-state index in [9.17, 15) is 18.8 Å². The van der Waals surface area contributed by atoms with Gasteiger partial charge in [-0.25, -0.2) is 28.8 Å². The summed E-state index contributed by atoms with van der Waals surface area (Å²) in [5.74, 6) is 0.307. The Morgan fingerprint density at radius 3 is 2.37 bits per heavy atom. The van der Waals surface area contributed by atoms with Crippen molar-refractivity contribution in [2.75, 3.05) is 61.4 Å². The quantitative estimate of drug-likeness (QED) is 0.249. The Morgan fingerprint density at radius 2 is 1.67 bits per heavy atom. The standard InChI is InChI=1S/C34H34FN9O5/c1-21(43(27-13-12-24(48-2)20-28(27)49-3)34(47)39-23-10-8-22(35)9-11-23)31-40-26-7-5-4-6-25(26)32(45)44(31)42-18-16-41(17-19-42)33(46)29-30(36)38-15-14-37-29/h4-15,20-21H,16-19H2,1-3H3,(H2,36,38)(H,39,47). The molecular formula is C34H34FN9O5. The highest BCUT2D eigenvalue weighted by Gasteiger charge is 2.33. The second-order valence-electron chi connectivity index (χ2n) is 11.2. The molecule has 0 spiro atoms.